The molecule has 0 fully saturated rings. The number of hydrogen-bond donors (Lipinski definition) is 2. The zero-order valence-corrected chi connectivity index (χ0v) is 13.2. The van der Waals surface area contributed by atoms with Crippen molar-refractivity contribution in [2.75, 3.05) is 0 Å². The first-order valence-electron chi connectivity index (χ1n) is 6.88. The van der Waals surface area contributed by atoms with E-state index in [2.05, 4.69) is 32.7 Å². The molecule has 1 heterocycles. The molecule has 0 radical (unpaired) electrons. The lowest BCUT2D eigenvalue weighted by atomic mass is 10.1. The first-order valence-corrected chi connectivity index (χ1v) is 6.88. The van der Waals surface area contributed by atoms with Crippen LogP contribution in [0.4, 0.5) is 0 Å². The predicted octanol–water partition coefficient (Wildman–Crippen LogP) is 4.45. The second-order valence-corrected chi connectivity index (χ2v) is 4.40. The molecule has 1 aromatic heterocycles. The molecular formula is C16H29N3. The Balaban J connectivity index is 0. The number of nitrogens with two attached hydrogens (primary N) is 1. The van der Waals surface area contributed by atoms with E-state index in [0.717, 1.165) is 11.3 Å². The molecule has 3 nitrogen and oxygen atoms in total. The summed E-state index contributed by atoms with van der Waals surface area (Å²) < 4.78 is 0. The third-order valence-electron chi connectivity index (χ3n) is 1.59. The molecule has 0 bridgehead atoms. The van der Waals surface area contributed by atoms with E-state index in [1.54, 1.807) is 19.2 Å². The Hall–Kier alpha value is -1.64. The molecule has 0 aliphatic rings. The molecule has 0 saturated carbocycles. The molecule has 0 aliphatic heterocycles. The van der Waals surface area contributed by atoms with Gasteiger partial charge in [-0.2, -0.15) is 0 Å². The maximum Gasteiger partial charge on any atom is 0.0644 e. The van der Waals surface area contributed by atoms with Crippen LogP contribution in [-0.4, -0.2) is 10.7 Å². The molecule has 3 N–H and O–H groups in total. The minimum Gasteiger partial charge on any atom is -0.402 e. The smallest absolute Gasteiger partial charge is 0.0644 e. The van der Waals surface area contributed by atoms with Gasteiger partial charge in [0.05, 0.1) is 5.71 Å². The van der Waals surface area contributed by atoms with Crippen molar-refractivity contribution >= 4 is 5.71 Å². The molecule has 0 aromatic carbocycles. The number of hydrogen-bond acceptors (Lipinski definition) is 3. The Labute approximate surface area is 118 Å². The fraction of sp³-hybridized carbons (Fsp3) is 0.500. The number of pyridine rings is 1. The molecule has 0 aliphatic carbocycles. The van der Waals surface area contributed by atoms with Gasteiger partial charge in [0.25, 0.3) is 0 Å². The van der Waals surface area contributed by atoms with Gasteiger partial charge in [-0.05, 0) is 32.1 Å². The first kappa shape index (κ1) is 19.7. The summed E-state index contributed by atoms with van der Waals surface area (Å²) in [7, 11) is 0. The second kappa shape index (κ2) is 12.8. The van der Waals surface area contributed by atoms with Gasteiger partial charge in [0.1, 0.15) is 0 Å². The Morgan fingerprint density at radius 2 is 1.68 bits per heavy atom. The van der Waals surface area contributed by atoms with E-state index in [9.17, 15) is 0 Å². The highest BCUT2D eigenvalue weighted by Gasteiger charge is 1.97. The molecule has 108 valence electrons. The van der Waals surface area contributed by atoms with E-state index >= 15 is 0 Å². The summed E-state index contributed by atoms with van der Waals surface area (Å²) in [4.78, 5) is 4.10. The van der Waals surface area contributed by atoms with Gasteiger partial charge in [0.15, 0.2) is 0 Å². The van der Waals surface area contributed by atoms with E-state index in [1.165, 1.54) is 12.8 Å². The molecule has 0 atom stereocenters. The van der Waals surface area contributed by atoms with Gasteiger partial charge >= 0.3 is 0 Å². The number of aromatic nitrogens is 1. The highest BCUT2D eigenvalue weighted by atomic mass is 14.7. The summed E-state index contributed by atoms with van der Waals surface area (Å²) in [6.07, 6.45) is 5.80. The SMILES string of the molecule is C/C(N)=C\C(=N)c1ccc(C)nc1.CCC.CCC. The van der Waals surface area contributed by atoms with Crippen LogP contribution in [0.25, 0.3) is 0 Å². The van der Waals surface area contributed by atoms with Crippen molar-refractivity contribution in [2.24, 2.45) is 5.73 Å². The minimum absolute atomic E-state index is 0.396. The Bertz CT molecular complexity index is 358. The van der Waals surface area contributed by atoms with Crippen LogP contribution in [0.15, 0.2) is 30.1 Å². The van der Waals surface area contributed by atoms with Crippen LogP contribution in [0.1, 0.15) is 58.7 Å². The maximum absolute atomic E-state index is 7.63. The summed E-state index contributed by atoms with van der Waals surface area (Å²) in [5.41, 5.74) is 8.22. The molecule has 0 unspecified atom stereocenters. The Morgan fingerprint density at radius 3 is 2.00 bits per heavy atom. The van der Waals surface area contributed by atoms with Crippen molar-refractivity contribution in [1.29, 1.82) is 5.41 Å². The zero-order chi connectivity index (χ0) is 15.3. The zero-order valence-electron chi connectivity index (χ0n) is 13.2. The van der Waals surface area contributed by atoms with Crippen molar-refractivity contribution in [3.8, 4) is 0 Å². The van der Waals surface area contributed by atoms with Crippen LogP contribution in [0.2, 0.25) is 0 Å². The van der Waals surface area contributed by atoms with Gasteiger partial charge < -0.3 is 11.1 Å². The molecule has 1 rings (SSSR count). The quantitative estimate of drug-likeness (QED) is 0.774. The summed E-state index contributed by atoms with van der Waals surface area (Å²) >= 11 is 0. The summed E-state index contributed by atoms with van der Waals surface area (Å²) in [6.45, 7) is 12.2. The van der Waals surface area contributed by atoms with Crippen LogP contribution in [-0.2, 0) is 0 Å². The summed E-state index contributed by atoms with van der Waals surface area (Å²) in [5.74, 6) is 0. The fourth-order valence-electron chi connectivity index (χ4n) is 0.938. The minimum atomic E-state index is 0.396. The summed E-state index contributed by atoms with van der Waals surface area (Å²) in [6, 6.07) is 3.74. The van der Waals surface area contributed by atoms with E-state index in [-0.39, 0.29) is 0 Å². The van der Waals surface area contributed by atoms with Crippen LogP contribution in [0, 0.1) is 12.3 Å². The van der Waals surface area contributed by atoms with Crippen LogP contribution >= 0.6 is 0 Å². The van der Waals surface area contributed by atoms with E-state index in [1.807, 2.05) is 19.1 Å². The molecule has 0 amide bonds. The highest BCUT2D eigenvalue weighted by Crippen LogP contribution is 2.01. The summed E-state index contributed by atoms with van der Waals surface area (Å²) in [5, 5.41) is 7.63. The third kappa shape index (κ3) is 12.6. The topological polar surface area (TPSA) is 62.8 Å². The second-order valence-electron chi connectivity index (χ2n) is 4.40. The lowest BCUT2D eigenvalue weighted by Crippen LogP contribution is -2.00. The average Bonchev–Trinajstić information content (AvgIpc) is 2.31. The maximum atomic E-state index is 7.63. The van der Waals surface area contributed by atoms with E-state index < -0.39 is 0 Å². The number of aryl methyl sites for hydroxylation is 1. The Morgan fingerprint density at radius 1 is 1.21 bits per heavy atom. The van der Waals surface area contributed by atoms with Gasteiger partial charge in [0, 0.05) is 23.2 Å². The molecule has 1 aromatic rings. The standard InChI is InChI=1S/C10H13N3.2C3H8/c1-7(11)5-10(12)9-4-3-8(2)13-6-9;2*1-3-2/h3-6,12H,11H2,1-2H3;2*3H2,1-2H3/b7-5+,12-10?;;. The van der Waals surface area contributed by atoms with E-state index in [4.69, 9.17) is 11.1 Å². The monoisotopic (exact) mass is 263 g/mol. The molecular weight excluding hydrogens is 234 g/mol. The van der Waals surface area contributed by atoms with Crippen LogP contribution in [0.5, 0.6) is 0 Å². The van der Waals surface area contributed by atoms with E-state index in [0.29, 0.717) is 11.4 Å². The molecule has 3 heteroatoms. The lowest BCUT2D eigenvalue weighted by Gasteiger charge is -1.99. The van der Waals surface area contributed by atoms with Crippen molar-refractivity contribution in [1.82, 2.24) is 4.98 Å². The molecule has 0 saturated heterocycles. The molecule has 19 heavy (non-hydrogen) atoms. The van der Waals surface area contributed by atoms with Gasteiger partial charge in [-0.1, -0.05) is 40.5 Å². The highest BCUT2D eigenvalue weighted by molar-refractivity contribution is 6.06. The Kier molecular flexibility index (Phi) is 13.3. The van der Waals surface area contributed by atoms with Gasteiger partial charge in [-0.3, -0.25) is 4.98 Å². The van der Waals surface area contributed by atoms with Crippen molar-refractivity contribution in [3.63, 3.8) is 0 Å². The predicted molar refractivity (Wildman–Crippen MR) is 85.7 cm³/mol. The fourth-order valence-corrected chi connectivity index (χ4v) is 0.938. The number of nitrogens with one attached hydrogen (secondary N) is 1. The number of allylic oxidation sites excluding steroid dienone is 2. The van der Waals surface area contributed by atoms with Crippen LogP contribution in [0.3, 0.4) is 0 Å². The average molecular weight is 263 g/mol. The van der Waals surface area contributed by atoms with Crippen LogP contribution < -0.4 is 5.73 Å². The third-order valence-corrected chi connectivity index (χ3v) is 1.59. The number of nitrogens with zero attached hydrogens (tertiary/aromatic N) is 1. The van der Waals surface area contributed by atoms with Crippen molar-refractivity contribution in [3.05, 3.63) is 41.4 Å². The van der Waals surface area contributed by atoms with Gasteiger partial charge in [0.2, 0.25) is 0 Å². The lowest BCUT2D eigenvalue weighted by molar-refractivity contribution is 1.09. The van der Waals surface area contributed by atoms with Crippen molar-refractivity contribution < 1.29 is 0 Å². The first-order chi connectivity index (χ1) is 8.92. The van der Waals surface area contributed by atoms with Crippen molar-refractivity contribution in [2.45, 2.75) is 54.4 Å². The normalized spacial score (nSPS) is 9.68. The largest absolute Gasteiger partial charge is 0.402 e. The number of rotatable bonds is 2. The van der Waals surface area contributed by atoms with Gasteiger partial charge in [-0.25, -0.2) is 0 Å². The van der Waals surface area contributed by atoms with Gasteiger partial charge in [-0.15, -0.1) is 0 Å². The molecule has 0 spiro atoms.